The molecule has 12 aromatic carbocycles. The summed E-state index contributed by atoms with van der Waals surface area (Å²) in [7, 11) is 0. The van der Waals surface area contributed by atoms with E-state index in [1.807, 2.05) is 0 Å². The molecule has 3 aliphatic carbocycles. The van der Waals surface area contributed by atoms with Crippen LogP contribution in [0.3, 0.4) is 0 Å². The van der Waals surface area contributed by atoms with Gasteiger partial charge in [0.15, 0.2) is 0 Å². The van der Waals surface area contributed by atoms with Crippen LogP contribution in [0.2, 0.25) is 0 Å². The van der Waals surface area contributed by atoms with Crippen molar-refractivity contribution in [3.8, 4) is 78.1 Å². The molecule has 2 heteroatoms. The second kappa shape index (κ2) is 18.0. The van der Waals surface area contributed by atoms with Crippen LogP contribution < -0.4 is 0 Å². The quantitative estimate of drug-likeness (QED) is 0.141. The highest BCUT2D eigenvalue weighted by Crippen LogP contribution is 2.57. The van der Waals surface area contributed by atoms with Gasteiger partial charge in [-0.25, -0.2) is 0 Å². The van der Waals surface area contributed by atoms with Gasteiger partial charge in [-0.3, -0.25) is 0 Å². The molecule has 0 atom stereocenters. The SMILES string of the molecule is CC1(C)c2ccccc2-c2ccc(-n3c4ccccc4c4cc(-c5ccc6c(c5)C(C)(C)c5cc7c(cc5-6)C(C)(C)c5cc(-c6ccc(/C=C/c8ccc(-c9ccc%10c(c9)c9ccccc9n%10-c9ccccc9)cc8)cc6)ccc5-7)ccc43)cc21. The lowest BCUT2D eigenvalue weighted by atomic mass is 9.79. The van der Waals surface area contributed by atoms with Gasteiger partial charge < -0.3 is 9.13 Å². The topological polar surface area (TPSA) is 9.86 Å². The molecule has 0 unspecified atom stereocenters. The van der Waals surface area contributed by atoms with Crippen LogP contribution in [0.1, 0.15) is 86.1 Å². The molecule has 0 radical (unpaired) electrons. The lowest BCUT2D eigenvalue weighted by molar-refractivity contribution is 0.652. The average molecular weight is 1090 g/mol. The Balaban J connectivity index is 0.625. The molecule has 2 heterocycles. The summed E-state index contributed by atoms with van der Waals surface area (Å²) in [6.45, 7) is 14.4. The van der Waals surface area contributed by atoms with E-state index in [4.69, 9.17) is 0 Å². The average Bonchev–Trinajstić information content (AvgIpc) is 1.81. The van der Waals surface area contributed by atoms with Gasteiger partial charge >= 0.3 is 0 Å². The van der Waals surface area contributed by atoms with Crippen molar-refractivity contribution in [2.24, 2.45) is 0 Å². The summed E-state index contributed by atoms with van der Waals surface area (Å²) in [6.07, 6.45) is 4.44. The summed E-state index contributed by atoms with van der Waals surface area (Å²) in [4.78, 5) is 0. The van der Waals surface area contributed by atoms with E-state index >= 15 is 0 Å². The van der Waals surface area contributed by atoms with Crippen LogP contribution in [-0.2, 0) is 16.2 Å². The van der Waals surface area contributed by atoms with E-state index in [1.54, 1.807) is 0 Å². The molecule has 0 amide bonds. The van der Waals surface area contributed by atoms with Gasteiger partial charge in [-0.15, -0.1) is 0 Å². The molecule has 3 aliphatic rings. The molecule has 0 N–H and O–H groups in total. The maximum absolute atomic E-state index is 2.54. The lowest BCUT2D eigenvalue weighted by Crippen LogP contribution is -2.17. The third-order valence-corrected chi connectivity index (χ3v) is 19.9. The van der Waals surface area contributed by atoms with Gasteiger partial charge in [0.2, 0.25) is 0 Å². The van der Waals surface area contributed by atoms with Gasteiger partial charge in [0, 0.05) is 49.2 Å². The van der Waals surface area contributed by atoms with Gasteiger partial charge in [-0.05, 0) is 196 Å². The van der Waals surface area contributed by atoms with Crippen molar-refractivity contribution in [3.63, 3.8) is 0 Å². The third kappa shape index (κ3) is 7.31. The summed E-state index contributed by atoms with van der Waals surface area (Å²) in [6, 6.07) is 95.8. The highest BCUT2D eigenvalue weighted by molar-refractivity contribution is 6.12. The zero-order valence-corrected chi connectivity index (χ0v) is 48.8. The largest absolute Gasteiger partial charge is 0.309 e. The van der Waals surface area contributed by atoms with E-state index in [9.17, 15) is 0 Å². The summed E-state index contributed by atoms with van der Waals surface area (Å²) >= 11 is 0. The zero-order valence-electron chi connectivity index (χ0n) is 48.8. The van der Waals surface area contributed by atoms with E-state index in [1.165, 1.54) is 166 Å². The summed E-state index contributed by atoms with van der Waals surface area (Å²) in [5.74, 6) is 0. The van der Waals surface area contributed by atoms with Crippen LogP contribution in [0.5, 0.6) is 0 Å². The minimum absolute atomic E-state index is 0.0697. The van der Waals surface area contributed by atoms with E-state index in [0.717, 1.165) is 0 Å². The van der Waals surface area contributed by atoms with Crippen LogP contribution in [0.25, 0.3) is 134 Å². The maximum atomic E-state index is 2.54. The van der Waals surface area contributed by atoms with Crippen LogP contribution in [0.4, 0.5) is 0 Å². The second-order valence-electron chi connectivity index (χ2n) is 25.7. The Hall–Kier alpha value is -10.0. The van der Waals surface area contributed by atoms with Crippen molar-refractivity contribution in [1.29, 1.82) is 0 Å². The number of hydrogen-bond acceptors (Lipinski definition) is 0. The van der Waals surface area contributed by atoms with Crippen molar-refractivity contribution in [1.82, 2.24) is 9.13 Å². The van der Waals surface area contributed by atoms with E-state index in [0.29, 0.717) is 0 Å². The first-order valence-electron chi connectivity index (χ1n) is 30.1. The van der Waals surface area contributed by atoms with Crippen LogP contribution in [0.15, 0.2) is 255 Å². The number of rotatable bonds is 7. The Morgan fingerprint density at radius 3 is 1.16 bits per heavy atom. The van der Waals surface area contributed by atoms with Gasteiger partial charge in [0.05, 0.1) is 22.1 Å². The van der Waals surface area contributed by atoms with Gasteiger partial charge in [-0.2, -0.15) is 0 Å². The molecular weight excluding hydrogens is 1020 g/mol. The third-order valence-electron chi connectivity index (χ3n) is 19.9. The molecule has 0 saturated heterocycles. The monoisotopic (exact) mass is 1090 g/mol. The first kappa shape index (κ1) is 49.6. The first-order chi connectivity index (χ1) is 41.4. The Morgan fingerprint density at radius 2 is 0.600 bits per heavy atom. The molecule has 0 bridgehead atoms. The molecule has 14 aromatic rings. The second-order valence-corrected chi connectivity index (χ2v) is 25.7. The zero-order chi connectivity index (χ0) is 57.1. The van der Waals surface area contributed by atoms with Crippen molar-refractivity contribution in [2.45, 2.75) is 57.8 Å². The van der Waals surface area contributed by atoms with E-state index in [-0.39, 0.29) is 16.2 Å². The van der Waals surface area contributed by atoms with Gasteiger partial charge in [0.1, 0.15) is 0 Å². The molecule has 0 spiro atoms. The van der Waals surface area contributed by atoms with Crippen molar-refractivity contribution >= 4 is 55.8 Å². The predicted octanol–water partition coefficient (Wildman–Crippen LogP) is 22.0. The number of nitrogens with zero attached hydrogens (tertiary/aromatic N) is 2. The van der Waals surface area contributed by atoms with E-state index < -0.39 is 0 Å². The fraction of sp³-hybridized carbons (Fsp3) is 0.108. The lowest BCUT2D eigenvalue weighted by Gasteiger charge is -2.24. The summed E-state index contributed by atoms with van der Waals surface area (Å²) in [5, 5.41) is 5.08. The Kier molecular flexibility index (Phi) is 10.5. The van der Waals surface area contributed by atoms with Crippen molar-refractivity contribution in [2.75, 3.05) is 0 Å². The van der Waals surface area contributed by atoms with Crippen LogP contribution in [-0.4, -0.2) is 9.13 Å². The van der Waals surface area contributed by atoms with Crippen LogP contribution in [0, 0.1) is 0 Å². The Labute approximate surface area is 497 Å². The highest BCUT2D eigenvalue weighted by Gasteiger charge is 2.42. The molecule has 17 rings (SSSR count). The van der Waals surface area contributed by atoms with E-state index in [2.05, 4.69) is 318 Å². The van der Waals surface area contributed by atoms with Crippen LogP contribution >= 0.6 is 0 Å². The summed E-state index contributed by atoms with van der Waals surface area (Å²) in [5.41, 5.74) is 33.2. The molecule has 2 aromatic heterocycles. The van der Waals surface area contributed by atoms with Crippen molar-refractivity contribution < 1.29 is 0 Å². The molecule has 2 nitrogen and oxygen atoms in total. The molecular formula is C83H62N2. The molecule has 0 aliphatic heterocycles. The molecule has 0 fully saturated rings. The maximum Gasteiger partial charge on any atom is 0.0541 e. The number of fused-ring (bicyclic) bond motifs is 15. The Morgan fingerprint density at radius 1 is 0.235 bits per heavy atom. The first-order valence-corrected chi connectivity index (χ1v) is 30.1. The smallest absolute Gasteiger partial charge is 0.0541 e. The number of para-hydroxylation sites is 3. The van der Waals surface area contributed by atoms with Gasteiger partial charge in [-0.1, -0.05) is 224 Å². The minimum atomic E-state index is -0.174. The van der Waals surface area contributed by atoms with Crippen molar-refractivity contribution in [3.05, 3.63) is 299 Å². The number of aromatic nitrogens is 2. The summed E-state index contributed by atoms with van der Waals surface area (Å²) < 4.78 is 4.84. The fourth-order valence-electron chi connectivity index (χ4n) is 15.4. The fourth-order valence-corrected chi connectivity index (χ4v) is 15.4. The molecule has 85 heavy (non-hydrogen) atoms. The Bertz CT molecular complexity index is 5170. The highest BCUT2D eigenvalue weighted by atomic mass is 15.0. The minimum Gasteiger partial charge on any atom is -0.309 e. The predicted molar refractivity (Wildman–Crippen MR) is 359 cm³/mol. The number of benzene rings is 12. The normalized spacial score (nSPS) is 14.7. The molecule has 404 valence electrons. The standard InChI is InChI=1S/C83H62N2/c1-81(2)71-21-13-10-18-61(71)62-41-38-60(48-74(62)81)85-78-23-15-12-20-66(78)70-45-56(37-43-80(70)85)58-35-40-64-68-50-75-67(49-76(68)83(5,6)73(64)47-58)63-39-34-57(46-72(63)82(75,3)4)54-32-28-52(29-33-54)25-24-51-26-30-53(31-27-51)55-36-42-79-69(44-55)65-19-11-14-22-77(65)84(79)59-16-8-7-9-17-59/h7-50H,1-6H3/b25-24+. The number of hydrogen-bond donors (Lipinski definition) is 0. The molecule has 0 saturated carbocycles. The van der Waals surface area contributed by atoms with Gasteiger partial charge in [0.25, 0.3) is 0 Å².